The fraction of sp³-hybridized carbons (Fsp3) is 0. The van der Waals surface area contributed by atoms with Crippen molar-refractivity contribution in [2.45, 2.75) is 0 Å². The minimum atomic E-state index is 0.603. The van der Waals surface area contributed by atoms with Gasteiger partial charge in [-0.2, -0.15) is 0 Å². The van der Waals surface area contributed by atoms with Crippen LogP contribution in [0.5, 0.6) is 0 Å². The van der Waals surface area contributed by atoms with E-state index in [0.29, 0.717) is 17.5 Å². The minimum Gasteiger partial charge on any atom is -0.455 e. The van der Waals surface area contributed by atoms with Crippen LogP contribution in [0.15, 0.2) is 156 Å². The molecule has 0 unspecified atom stereocenters. The third-order valence-electron chi connectivity index (χ3n) is 9.12. The van der Waals surface area contributed by atoms with E-state index in [9.17, 15) is 0 Å². The van der Waals surface area contributed by atoms with Gasteiger partial charge in [0.25, 0.3) is 0 Å². The van der Waals surface area contributed by atoms with Gasteiger partial charge in [0, 0.05) is 53.0 Å². The fourth-order valence-electron chi connectivity index (χ4n) is 6.81. The molecule has 0 aliphatic heterocycles. The lowest BCUT2D eigenvalue weighted by atomic mass is 9.95. The van der Waals surface area contributed by atoms with Crippen molar-refractivity contribution in [2.75, 3.05) is 0 Å². The zero-order valence-corrected chi connectivity index (χ0v) is 26.4. The highest BCUT2D eigenvalue weighted by Crippen LogP contribution is 2.41. The maximum Gasteiger partial charge on any atom is 0.164 e. The number of furan rings is 1. The summed E-state index contributed by atoms with van der Waals surface area (Å²) in [6.45, 7) is 0. The normalized spacial score (nSPS) is 11.8. The van der Waals surface area contributed by atoms with Gasteiger partial charge in [0.15, 0.2) is 17.5 Å². The van der Waals surface area contributed by atoms with Crippen LogP contribution in [0.2, 0.25) is 0 Å². The third-order valence-corrected chi connectivity index (χ3v) is 10.3. The van der Waals surface area contributed by atoms with E-state index in [1.807, 2.05) is 30.3 Å². The molecule has 0 atom stereocenters. The number of hydrogen-bond donors (Lipinski definition) is 0. The first kappa shape index (κ1) is 27.0. The lowest BCUT2D eigenvalue weighted by Gasteiger charge is -2.09. The molecule has 0 amide bonds. The van der Waals surface area contributed by atoms with Crippen LogP contribution in [-0.2, 0) is 0 Å². The van der Waals surface area contributed by atoms with Gasteiger partial charge in [-0.15, -0.1) is 11.3 Å². The summed E-state index contributed by atoms with van der Waals surface area (Å²) >= 11 is 1.80. The van der Waals surface area contributed by atoms with Gasteiger partial charge in [0.1, 0.15) is 11.2 Å². The average Bonchev–Trinajstić information content (AvgIpc) is 3.73. The zero-order chi connectivity index (χ0) is 31.6. The Kier molecular flexibility index (Phi) is 6.01. The van der Waals surface area contributed by atoms with Gasteiger partial charge in [0.05, 0.1) is 0 Å². The van der Waals surface area contributed by atoms with Crippen LogP contribution < -0.4 is 0 Å². The number of rotatable bonds is 4. The molecule has 224 valence electrons. The van der Waals surface area contributed by atoms with E-state index in [1.165, 1.54) is 36.7 Å². The third kappa shape index (κ3) is 4.33. The molecule has 4 nitrogen and oxygen atoms in total. The smallest absolute Gasteiger partial charge is 0.164 e. The van der Waals surface area contributed by atoms with E-state index >= 15 is 0 Å². The first-order chi connectivity index (χ1) is 23.8. The van der Waals surface area contributed by atoms with Gasteiger partial charge in [-0.3, -0.25) is 0 Å². The van der Waals surface area contributed by atoms with Crippen LogP contribution >= 0.6 is 11.3 Å². The van der Waals surface area contributed by atoms with Gasteiger partial charge in [-0.25, -0.2) is 15.0 Å². The number of aromatic nitrogens is 3. The Bertz CT molecular complexity index is 2840. The standard InChI is InChI=1S/C43H25N3OS/c1-3-11-26(12-4-1)34-25-36-31-21-19-29(24-37(31)47-40(36)33-17-8-7-15-30(33)34)43-45-41(27-13-5-2-6-14-27)44-42(46-43)28-20-22-39-35(23-28)32-16-9-10-18-38(32)48-39/h1-25H. The van der Waals surface area contributed by atoms with Gasteiger partial charge in [-0.1, -0.05) is 109 Å². The first-order valence-electron chi connectivity index (χ1n) is 15.9. The van der Waals surface area contributed by atoms with Crippen molar-refractivity contribution in [3.63, 3.8) is 0 Å². The molecule has 3 heterocycles. The summed E-state index contributed by atoms with van der Waals surface area (Å²) < 4.78 is 9.18. The zero-order valence-electron chi connectivity index (χ0n) is 25.6. The van der Waals surface area contributed by atoms with Crippen LogP contribution in [0.4, 0.5) is 0 Å². The highest BCUT2D eigenvalue weighted by molar-refractivity contribution is 7.25. The van der Waals surface area contributed by atoms with Crippen LogP contribution in [0.1, 0.15) is 0 Å². The van der Waals surface area contributed by atoms with Crippen molar-refractivity contribution >= 4 is 64.2 Å². The maximum atomic E-state index is 6.66. The van der Waals surface area contributed by atoms with Gasteiger partial charge in [0.2, 0.25) is 0 Å². The van der Waals surface area contributed by atoms with Gasteiger partial charge in [-0.05, 0) is 59.0 Å². The summed E-state index contributed by atoms with van der Waals surface area (Å²) in [6, 6.07) is 52.7. The van der Waals surface area contributed by atoms with Crippen molar-refractivity contribution in [3.8, 4) is 45.3 Å². The highest BCUT2D eigenvalue weighted by Gasteiger charge is 2.18. The van der Waals surface area contributed by atoms with Gasteiger partial charge < -0.3 is 4.42 Å². The molecular weight excluding hydrogens is 607 g/mol. The summed E-state index contributed by atoms with van der Waals surface area (Å²) in [5.41, 5.74) is 6.82. The van der Waals surface area contributed by atoms with Crippen molar-refractivity contribution in [3.05, 3.63) is 152 Å². The Hall–Kier alpha value is -6.17. The Morgan fingerprint density at radius 3 is 1.73 bits per heavy atom. The molecule has 0 aliphatic rings. The summed E-state index contributed by atoms with van der Waals surface area (Å²) in [5, 5.41) is 6.87. The van der Waals surface area contributed by atoms with E-state index in [4.69, 9.17) is 19.4 Å². The molecule has 48 heavy (non-hydrogen) atoms. The largest absolute Gasteiger partial charge is 0.455 e. The van der Waals surface area contributed by atoms with Crippen LogP contribution in [0, 0.1) is 0 Å². The number of benzene rings is 7. The van der Waals surface area contributed by atoms with E-state index in [0.717, 1.165) is 44.0 Å². The molecule has 0 saturated carbocycles. The molecule has 3 aromatic heterocycles. The summed E-state index contributed by atoms with van der Waals surface area (Å²) in [7, 11) is 0. The highest BCUT2D eigenvalue weighted by atomic mass is 32.1. The van der Waals surface area contributed by atoms with Crippen molar-refractivity contribution in [1.82, 2.24) is 15.0 Å². The Morgan fingerprint density at radius 2 is 0.958 bits per heavy atom. The number of fused-ring (bicyclic) bond motifs is 8. The molecule has 10 aromatic rings. The molecule has 10 rings (SSSR count). The molecule has 5 heteroatoms. The maximum absolute atomic E-state index is 6.66. The molecule has 0 N–H and O–H groups in total. The lowest BCUT2D eigenvalue weighted by molar-refractivity contribution is 0.673. The van der Waals surface area contributed by atoms with E-state index in [2.05, 4.69) is 121 Å². The molecule has 0 saturated heterocycles. The average molecular weight is 632 g/mol. The minimum absolute atomic E-state index is 0.603. The van der Waals surface area contributed by atoms with Crippen LogP contribution in [0.25, 0.3) is 98.2 Å². The van der Waals surface area contributed by atoms with Crippen molar-refractivity contribution < 1.29 is 4.42 Å². The molecule has 7 aromatic carbocycles. The van der Waals surface area contributed by atoms with E-state index in [1.54, 1.807) is 11.3 Å². The number of nitrogens with zero attached hydrogens (tertiary/aromatic N) is 3. The van der Waals surface area contributed by atoms with Crippen molar-refractivity contribution in [2.24, 2.45) is 0 Å². The summed E-state index contributed by atoms with van der Waals surface area (Å²) in [5.74, 6) is 1.87. The predicted octanol–water partition coefficient (Wildman–Crippen LogP) is 12.0. The molecule has 0 bridgehead atoms. The number of thiophene rings is 1. The van der Waals surface area contributed by atoms with E-state index in [-0.39, 0.29) is 0 Å². The quantitative estimate of drug-likeness (QED) is 0.194. The Morgan fingerprint density at radius 1 is 0.375 bits per heavy atom. The summed E-state index contributed by atoms with van der Waals surface area (Å²) in [6.07, 6.45) is 0. The molecule has 0 aliphatic carbocycles. The predicted molar refractivity (Wildman–Crippen MR) is 199 cm³/mol. The Labute approximate surface area is 279 Å². The van der Waals surface area contributed by atoms with Crippen LogP contribution in [-0.4, -0.2) is 15.0 Å². The second-order valence-electron chi connectivity index (χ2n) is 12.0. The van der Waals surface area contributed by atoms with Crippen LogP contribution in [0.3, 0.4) is 0 Å². The molecule has 0 fully saturated rings. The topological polar surface area (TPSA) is 51.8 Å². The second kappa shape index (κ2) is 10.7. The summed E-state index contributed by atoms with van der Waals surface area (Å²) in [4.78, 5) is 15.1. The molecular formula is C43H25N3OS. The monoisotopic (exact) mass is 631 g/mol. The van der Waals surface area contributed by atoms with Crippen molar-refractivity contribution in [1.29, 1.82) is 0 Å². The first-order valence-corrected chi connectivity index (χ1v) is 16.8. The SMILES string of the molecule is c1ccc(-c2nc(-c3ccc4c(c3)oc3c5ccccc5c(-c5ccccc5)cc43)nc(-c3ccc4sc5ccccc5c4c3)n2)cc1. The molecule has 0 radical (unpaired) electrons. The lowest BCUT2D eigenvalue weighted by Crippen LogP contribution is -2.00. The van der Waals surface area contributed by atoms with Gasteiger partial charge >= 0.3 is 0 Å². The Balaban J connectivity index is 1.17. The number of hydrogen-bond acceptors (Lipinski definition) is 5. The second-order valence-corrected chi connectivity index (χ2v) is 13.1. The molecule has 0 spiro atoms. The van der Waals surface area contributed by atoms with E-state index < -0.39 is 0 Å². The fourth-order valence-corrected chi connectivity index (χ4v) is 7.90.